The molecule has 7 heteroatoms. The van der Waals surface area contributed by atoms with E-state index in [-0.39, 0.29) is 12.1 Å². The molecule has 0 amide bonds. The summed E-state index contributed by atoms with van der Waals surface area (Å²) in [6.07, 6.45) is 0. The molecule has 0 saturated carbocycles. The second-order valence-electron chi connectivity index (χ2n) is 4.46. The number of nitrogens with zero attached hydrogens (tertiary/aromatic N) is 1. The van der Waals surface area contributed by atoms with Crippen LogP contribution in [0, 0.1) is 0 Å². The van der Waals surface area contributed by atoms with Gasteiger partial charge in [0.1, 0.15) is 10.4 Å². The van der Waals surface area contributed by atoms with Crippen LogP contribution in [-0.2, 0) is 6.54 Å². The summed E-state index contributed by atoms with van der Waals surface area (Å²) in [7, 11) is 1.59. The number of hydrogen-bond acceptors (Lipinski definition) is 4. The Morgan fingerprint density at radius 3 is 2.67 bits per heavy atom. The van der Waals surface area contributed by atoms with Crippen molar-refractivity contribution < 1.29 is 4.74 Å². The zero-order chi connectivity index (χ0) is 15.0. The van der Waals surface area contributed by atoms with E-state index in [4.69, 9.17) is 4.74 Å². The number of methoxy groups -OCH3 is 1. The molecule has 108 valence electrons. The van der Waals surface area contributed by atoms with Crippen LogP contribution in [-0.4, -0.2) is 16.7 Å². The molecular formula is C14H11BrN2O3S. The number of thiophene rings is 1. The van der Waals surface area contributed by atoms with E-state index in [0.29, 0.717) is 10.2 Å². The van der Waals surface area contributed by atoms with E-state index < -0.39 is 5.69 Å². The van der Waals surface area contributed by atoms with Gasteiger partial charge in [-0.25, -0.2) is 4.79 Å². The summed E-state index contributed by atoms with van der Waals surface area (Å²) in [5.74, 6) is 0.734. The van der Waals surface area contributed by atoms with Crippen molar-refractivity contribution >= 4 is 37.5 Å². The molecule has 0 radical (unpaired) electrons. The van der Waals surface area contributed by atoms with Crippen molar-refractivity contribution in [1.82, 2.24) is 9.55 Å². The van der Waals surface area contributed by atoms with Crippen molar-refractivity contribution in [2.45, 2.75) is 6.54 Å². The summed E-state index contributed by atoms with van der Waals surface area (Å²) in [5, 5.41) is 1.79. The monoisotopic (exact) mass is 366 g/mol. The zero-order valence-electron chi connectivity index (χ0n) is 11.1. The van der Waals surface area contributed by atoms with Crippen LogP contribution in [0.1, 0.15) is 5.56 Å². The average Bonchev–Trinajstić information content (AvgIpc) is 2.86. The van der Waals surface area contributed by atoms with E-state index in [1.807, 2.05) is 12.1 Å². The summed E-state index contributed by atoms with van der Waals surface area (Å²) in [4.78, 5) is 27.2. The predicted octanol–water partition coefficient (Wildman–Crippen LogP) is 2.57. The molecular weight excluding hydrogens is 356 g/mol. The number of benzene rings is 1. The zero-order valence-corrected chi connectivity index (χ0v) is 13.5. The first-order chi connectivity index (χ1) is 10.1. The summed E-state index contributed by atoms with van der Waals surface area (Å²) in [6.45, 7) is 0.226. The van der Waals surface area contributed by atoms with E-state index in [1.165, 1.54) is 15.9 Å². The Hall–Kier alpha value is -1.86. The molecule has 3 aromatic rings. The third-order valence-corrected chi connectivity index (χ3v) is 5.06. The maximum Gasteiger partial charge on any atom is 0.329 e. The maximum absolute atomic E-state index is 12.4. The predicted molar refractivity (Wildman–Crippen MR) is 86.5 cm³/mol. The van der Waals surface area contributed by atoms with Gasteiger partial charge in [-0.15, -0.1) is 11.3 Å². The molecule has 1 aromatic carbocycles. The first-order valence-electron chi connectivity index (χ1n) is 6.13. The number of aromatic nitrogens is 2. The molecule has 0 spiro atoms. The highest BCUT2D eigenvalue weighted by atomic mass is 79.9. The largest absolute Gasteiger partial charge is 0.497 e. The van der Waals surface area contributed by atoms with Gasteiger partial charge < -0.3 is 9.72 Å². The van der Waals surface area contributed by atoms with E-state index in [1.54, 1.807) is 24.6 Å². The summed E-state index contributed by atoms with van der Waals surface area (Å²) in [6, 6.07) is 7.27. The average molecular weight is 367 g/mol. The maximum atomic E-state index is 12.4. The molecule has 3 rings (SSSR count). The third-order valence-electron chi connectivity index (χ3n) is 3.16. The third kappa shape index (κ3) is 2.54. The molecule has 2 heterocycles. The van der Waals surface area contributed by atoms with Gasteiger partial charge in [0, 0.05) is 5.38 Å². The number of H-pyrrole nitrogens is 1. The number of ether oxygens (including phenoxy) is 1. The van der Waals surface area contributed by atoms with Gasteiger partial charge in [0.05, 0.1) is 23.6 Å². The van der Waals surface area contributed by atoms with Crippen LogP contribution >= 0.6 is 27.3 Å². The molecule has 0 aliphatic carbocycles. The van der Waals surface area contributed by atoms with Crippen LogP contribution in [0.5, 0.6) is 5.75 Å². The molecule has 0 saturated heterocycles. The molecule has 0 aliphatic rings. The Bertz CT molecular complexity index is 909. The van der Waals surface area contributed by atoms with Crippen LogP contribution in [0.4, 0.5) is 0 Å². The van der Waals surface area contributed by atoms with Crippen LogP contribution < -0.4 is 16.0 Å². The lowest BCUT2D eigenvalue weighted by atomic mass is 10.2. The summed E-state index contributed by atoms with van der Waals surface area (Å²) >= 11 is 4.63. The molecule has 1 N–H and O–H groups in total. The molecule has 0 atom stereocenters. The van der Waals surface area contributed by atoms with Gasteiger partial charge in [0.25, 0.3) is 5.56 Å². The van der Waals surface area contributed by atoms with E-state index in [2.05, 4.69) is 20.9 Å². The lowest BCUT2D eigenvalue weighted by molar-refractivity contribution is 0.414. The topological polar surface area (TPSA) is 64.1 Å². The first-order valence-corrected chi connectivity index (χ1v) is 7.80. The molecule has 21 heavy (non-hydrogen) atoms. The number of aromatic amines is 1. The van der Waals surface area contributed by atoms with Gasteiger partial charge in [-0.05, 0) is 33.6 Å². The molecule has 0 unspecified atom stereocenters. The van der Waals surface area contributed by atoms with Crippen LogP contribution in [0.25, 0.3) is 10.2 Å². The van der Waals surface area contributed by atoms with Crippen LogP contribution in [0.3, 0.4) is 0 Å². The lowest BCUT2D eigenvalue weighted by Crippen LogP contribution is -2.34. The molecule has 0 fully saturated rings. The Labute approximate surface area is 131 Å². The second kappa shape index (κ2) is 5.50. The standard InChI is InChI=1S/C14H11BrN2O3S/c1-20-9-4-2-8(3-5-9)6-17-13(18)12-11(16-14(17)19)10(15)7-21-12/h2-5,7H,6H2,1H3,(H,16,19). The van der Waals surface area contributed by atoms with Crippen molar-refractivity contribution in [2.75, 3.05) is 7.11 Å². The Balaban J connectivity index is 2.07. The summed E-state index contributed by atoms with van der Waals surface area (Å²) in [5.41, 5.74) is 0.724. The van der Waals surface area contributed by atoms with Crippen molar-refractivity contribution in [3.8, 4) is 5.75 Å². The molecule has 0 aliphatic heterocycles. The Kier molecular flexibility index (Phi) is 3.69. The minimum absolute atomic E-state index is 0.226. The fraction of sp³-hybridized carbons (Fsp3) is 0.143. The quantitative estimate of drug-likeness (QED) is 0.774. The summed E-state index contributed by atoms with van der Waals surface area (Å²) < 4.78 is 7.56. The normalized spacial score (nSPS) is 11.0. The molecule has 0 bridgehead atoms. The smallest absolute Gasteiger partial charge is 0.329 e. The molecule has 5 nitrogen and oxygen atoms in total. The van der Waals surface area contributed by atoms with Crippen LogP contribution in [0.15, 0.2) is 43.7 Å². The fourth-order valence-corrected chi connectivity index (χ4v) is 3.60. The van der Waals surface area contributed by atoms with Crippen molar-refractivity contribution in [2.24, 2.45) is 0 Å². The van der Waals surface area contributed by atoms with Gasteiger partial charge in [-0.1, -0.05) is 12.1 Å². The highest BCUT2D eigenvalue weighted by Crippen LogP contribution is 2.24. The number of fused-ring (bicyclic) bond motifs is 1. The van der Waals surface area contributed by atoms with Crippen molar-refractivity contribution in [3.63, 3.8) is 0 Å². The van der Waals surface area contributed by atoms with Crippen LogP contribution in [0.2, 0.25) is 0 Å². The van der Waals surface area contributed by atoms with Gasteiger partial charge in [-0.3, -0.25) is 9.36 Å². The highest BCUT2D eigenvalue weighted by Gasteiger charge is 2.12. The minimum atomic E-state index is -0.414. The number of nitrogens with one attached hydrogen (secondary N) is 1. The van der Waals surface area contributed by atoms with Crippen molar-refractivity contribution in [3.05, 3.63) is 60.5 Å². The van der Waals surface area contributed by atoms with Crippen molar-refractivity contribution in [1.29, 1.82) is 0 Å². The highest BCUT2D eigenvalue weighted by molar-refractivity contribution is 9.10. The van der Waals surface area contributed by atoms with Gasteiger partial charge >= 0.3 is 5.69 Å². The van der Waals surface area contributed by atoms with Gasteiger partial charge in [0.15, 0.2) is 0 Å². The number of rotatable bonds is 3. The first kappa shape index (κ1) is 14.1. The minimum Gasteiger partial charge on any atom is -0.497 e. The van der Waals surface area contributed by atoms with Gasteiger partial charge in [-0.2, -0.15) is 0 Å². The SMILES string of the molecule is COc1ccc(Cn2c(=O)[nH]c3c(Br)csc3c2=O)cc1. The Morgan fingerprint density at radius 2 is 2.00 bits per heavy atom. The Morgan fingerprint density at radius 1 is 1.29 bits per heavy atom. The second-order valence-corrected chi connectivity index (χ2v) is 6.19. The molecule has 2 aromatic heterocycles. The van der Waals surface area contributed by atoms with Gasteiger partial charge in [0.2, 0.25) is 0 Å². The van der Waals surface area contributed by atoms with E-state index >= 15 is 0 Å². The van der Waals surface area contributed by atoms with E-state index in [0.717, 1.165) is 15.8 Å². The van der Waals surface area contributed by atoms with E-state index in [9.17, 15) is 9.59 Å². The fourth-order valence-electron chi connectivity index (χ4n) is 2.06. The number of halogens is 1. The lowest BCUT2D eigenvalue weighted by Gasteiger charge is -2.06. The number of hydrogen-bond donors (Lipinski definition) is 1.